The summed E-state index contributed by atoms with van der Waals surface area (Å²) in [5.74, 6) is -0.0246. The molecule has 1 saturated carbocycles. The predicted molar refractivity (Wildman–Crippen MR) is 58.6 cm³/mol. The Balaban J connectivity index is 2.44. The molecule has 1 aliphatic rings. The first-order valence-electron chi connectivity index (χ1n) is 4.65. The van der Waals surface area contributed by atoms with Gasteiger partial charge in [-0.05, 0) is 17.5 Å². The molecule has 0 saturated heterocycles. The summed E-state index contributed by atoms with van der Waals surface area (Å²) in [6.45, 7) is 4.14. The van der Waals surface area contributed by atoms with E-state index in [1.807, 2.05) is 6.07 Å². The van der Waals surface area contributed by atoms with Crippen molar-refractivity contribution < 1.29 is 4.39 Å². The van der Waals surface area contributed by atoms with Gasteiger partial charge in [0.25, 0.3) is 0 Å². The quantitative estimate of drug-likeness (QED) is 0.823. The van der Waals surface area contributed by atoms with Gasteiger partial charge in [0.05, 0.1) is 0 Å². The summed E-state index contributed by atoms with van der Waals surface area (Å²) >= 11 is 3.37. The Hall–Kier alpha value is -0.410. The number of hydrogen-bond acceptors (Lipinski definition) is 1. The zero-order valence-electron chi connectivity index (χ0n) is 8.22. The maximum atomic E-state index is 13.6. The smallest absolute Gasteiger partial charge is 0.127 e. The third-order valence-electron chi connectivity index (χ3n) is 3.22. The molecule has 0 radical (unpaired) electrons. The van der Waals surface area contributed by atoms with Crippen molar-refractivity contribution in [1.29, 1.82) is 0 Å². The Morgan fingerprint density at radius 1 is 1.43 bits per heavy atom. The van der Waals surface area contributed by atoms with E-state index in [-0.39, 0.29) is 23.2 Å². The molecule has 76 valence electrons. The van der Waals surface area contributed by atoms with Gasteiger partial charge in [0, 0.05) is 22.0 Å². The van der Waals surface area contributed by atoms with E-state index in [1.54, 1.807) is 6.07 Å². The molecular weight excluding hydrogens is 245 g/mol. The number of benzene rings is 1. The SMILES string of the molecule is CC1(C)[C@@H](N)[C@@H]1c1c(F)cccc1Br. The molecule has 1 aromatic carbocycles. The first-order valence-corrected chi connectivity index (χ1v) is 5.45. The summed E-state index contributed by atoms with van der Waals surface area (Å²) < 4.78 is 14.4. The number of rotatable bonds is 1. The van der Waals surface area contributed by atoms with E-state index in [2.05, 4.69) is 29.8 Å². The summed E-state index contributed by atoms with van der Waals surface area (Å²) in [7, 11) is 0. The second-order valence-electron chi connectivity index (χ2n) is 4.46. The molecule has 2 atom stereocenters. The predicted octanol–water partition coefficient (Wildman–Crippen LogP) is 3.04. The fourth-order valence-electron chi connectivity index (χ4n) is 2.04. The number of halogens is 2. The summed E-state index contributed by atoms with van der Waals surface area (Å²) in [6, 6.07) is 5.11. The van der Waals surface area contributed by atoms with Crippen LogP contribution in [-0.2, 0) is 0 Å². The second-order valence-corrected chi connectivity index (χ2v) is 5.31. The van der Waals surface area contributed by atoms with E-state index >= 15 is 0 Å². The Labute approximate surface area is 91.6 Å². The van der Waals surface area contributed by atoms with Gasteiger partial charge in [-0.2, -0.15) is 0 Å². The van der Waals surface area contributed by atoms with Crippen LogP contribution in [0.5, 0.6) is 0 Å². The molecule has 1 nitrogen and oxygen atoms in total. The molecule has 1 fully saturated rings. The van der Waals surface area contributed by atoms with Gasteiger partial charge in [0.15, 0.2) is 0 Å². The van der Waals surface area contributed by atoms with E-state index < -0.39 is 0 Å². The molecular formula is C11H13BrFN. The monoisotopic (exact) mass is 257 g/mol. The zero-order chi connectivity index (χ0) is 10.5. The lowest BCUT2D eigenvalue weighted by atomic mass is 10.0. The van der Waals surface area contributed by atoms with E-state index in [0.717, 1.165) is 10.0 Å². The van der Waals surface area contributed by atoms with Gasteiger partial charge in [0.1, 0.15) is 5.82 Å². The summed E-state index contributed by atoms with van der Waals surface area (Å²) in [6.07, 6.45) is 0. The largest absolute Gasteiger partial charge is 0.327 e. The van der Waals surface area contributed by atoms with E-state index in [9.17, 15) is 4.39 Å². The molecule has 3 heteroatoms. The van der Waals surface area contributed by atoms with Crippen molar-refractivity contribution in [3.05, 3.63) is 34.1 Å². The van der Waals surface area contributed by atoms with Crippen LogP contribution in [0.25, 0.3) is 0 Å². The average molecular weight is 258 g/mol. The topological polar surface area (TPSA) is 26.0 Å². The maximum absolute atomic E-state index is 13.6. The van der Waals surface area contributed by atoms with Gasteiger partial charge in [-0.3, -0.25) is 0 Å². The molecule has 2 rings (SSSR count). The normalized spacial score (nSPS) is 28.9. The standard InChI is InChI=1S/C11H13BrFN/c1-11(2)9(10(11)14)8-6(12)4-3-5-7(8)13/h3-5,9-10H,14H2,1-2H3/t9-,10-/m0/s1. The highest BCUT2D eigenvalue weighted by Gasteiger charge is 2.57. The molecule has 0 amide bonds. The third kappa shape index (κ3) is 1.30. The maximum Gasteiger partial charge on any atom is 0.127 e. The lowest BCUT2D eigenvalue weighted by molar-refractivity contribution is 0.570. The highest BCUT2D eigenvalue weighted by molar-refractivity contribution is 9.10. The Kier molecular flexibility index (Phi) is 2.20. The molecule has 1 aliphatic carbocycles. The van der Waals surface area contributed by atoms with Crippen LogP contribution in [0.15, 0.2) is 22.7 Å². The van der Waals surface area contributed by atoms with Crippen molar-refractivity contribution in [2.24, 2.45) is 11.1 Å². The number of nitrogens with two attached hydrogens (primary N) is 1. The summed E-state index contributed by atoms with van der Waals surface area (Å²) in [4.78, 5) is 0. The molecule has 0 unspecified atom stereocenters. The molecule has 0 bridgehead atoms. The molecule has 0 aromatic heterocycles. The average Bonchev–Trinajstić information content (AvgIpc) is 2.54. The van der Waals surface area contributed by atoms with Crippen LogP contribution in [-0.4, -0.2) is 6.04 Å². The number of hydrogen-bond donors (Lipinski definition) is 1. The third-order valence-corrected chi connectivity index (χ3v) is 3.91. The minimum atomic E-state index is -0.162. The van der Waals surface area contributed by atoms with E-state index in [4.69, 9.17) is 5.73 Å². The first kappa shape index (κ1) is 10.1. The Morgan fingerprint density at radius 3 is 2.43 bits per heavy atom. The van der Waals surface area contributed by atoms with Gasteiger partial charge in [0.2, 0.25) is 0 Å². The van der Waals surface area contributed by atoms with E-state index in [1.165, 1.54) is 6.07 Å². The first-order chi connectivity index (χ1) is 6.46. The van der Waals surface area contributed by atoms with Gasteiger partial charge < -0.3 is 5.73 Å². The lowest BCUT2D eigenvalue weighted by Gasteiger charge is -2.06. The van der Waals surface area contributed by atoms with Crippen molar-refractivity contribution in [1.82, 2.24) is 0 Å². The van der Waals surface area contributed by atoms with Gasteiger partial charge in [-0.25, -0.2) is 4.39 Å². The van der Waals surface area contributed by atoms with Crippen molar-refractivity contribution in [3.63, 3.8) is 0 Å². The van der Waals surface area contributed by atoms with Gasteiger partial charge >= 0.3 is 0 Å². The Bertz CT molecular complexity index is 355. The minimum Gasteiger partial charge on any atom is -0.327 e. The highest BCUT2D eigenvalue weighted by atomic mass is 79.9. The lowest BCUT2D eigenvalue weighted by Crippen LogP contribution is -2.06. The van der Waals surface area contributed by atoms with Crippen molar-refractivity contribution >= 4 is 15.9 Å². The van der Waals surface area contributed by atoms with Crippen molar-refractivity contribution in [2.45, 2.75) is 25.8 Å². The van der Waals surface area contributed by atoms with Crippen LogP contribution < -0.4 is 5.73 Å². The van der Waals surface area contributed by atoms with Crippen LogP contribution >= 0.6 is 15.9 Å². The van der Waals surface area contributed by atoms with Crippen LogP contribution in [0.4, 0.5) is 4.39 Å². The van der Waals surface area contributed by atoms with Crippen LogP contribution in [0.1, 0.15) is 25.3 Å². The second kappa shape index (κ2) is 3.04. The van der Waals surface area contributed by atoms with Crippen LogP contribution in [0, 0.1) is 11.2 Å². The van der Waals surface area contributed by atoms with Crippen LogP contribution in [0.3, 0.4) is 0 Å². The van der Waals surface area contributed by atoms with Crippen molar-refractivity contribution in [2.75, 3.05) is 0 Å². The highest BCUT2D eigenvalue weighted by Crippen LogP contribution is 2.59. The zero-order valence-corrected chi connectivity index (χ0v) is 9.81. The van der Waals surface area contributed by atoms with E-state index in [0.29, 0.717) is 0 Å². The Morgan fingerprint density at radius 2 is 2.00 bits per heavy atom. The molecule has 2 N–H and O–H groups in total. The van der Waals surface area contributed by atoms with Gasteiger partial charge in [-0.15, -0.1) is 0 Å². The molecule has 0 spiro atoms. The summed E-state index contributed by atoms with van der Waals surface area (Å²) in [5.41, 5.74) is 6.67. The molecule has 0 aliphatic heterocycles. The summed E-state index contributed by atoms with van der Waals surface area (Å²) in [5, 5.41) is 0. The van der Waals surface area contributed by atoms with Crippen molar-refractivity contribution in [3.8, 4) is 0 Å². The van der Waals surface area contributed by atoms with Crippen LogP contribution in [0.2, 0.25) is 0 Å². The molecule has 14 heavy (non-hydrogen) atoms. The minimum absolute atomic E-state index is 0.0186. The fraction of sp³-hybridized carbons (Fsp3) is 0.455. The van der Waals surface area contributed by atoms with Gasteiger partial charge in [-0.1, -0.05) is 35.8 Å². The molecule has 0 heterocycles. The fourth-order valence-corrected chi connectivity index (χ4v) is 2.63. The molecule has 1 aromatic rings.